The first kappa shape index (κ1) is 13.3. The van der Waals surface area contributed by atoms with E-state index in [1.165, 1.54) is 6.07 Å². The molecular formula is C14H15F2N3. The lowest BCUT2D eigenvalue weighted by Gasteiger charge is -2.18. The maximum atomic E-state index is 13.0. The third-order valence-electron chi connectivity index (χ3n) is 2.89. The number of pyridine rings is 1. The predicted molar refractivity (Wildman–Crippen MR) is 72.1 cm³/mol. The highest BCUT2D eigenvalue weighted by Gasteiger charge is 2.15. The quantitative estimate of drug-likeness (QED) is 0.825. The Bertz CT molecular complexity index is 544. The van der Waals surface area contributed by atoms with Gasteiger partial charge in [-0.3, -0.25) is 4.98 Å². The highest BCUT2D eigenvalue weighted by atomic mass is 19.3. The maximum Gasteiger partial charge on any atom is 0.265 e. The Hall–Kier alpha value is -2.17. The summed E-state index contributed by atoms with van der Waals surface area (Å²) in [6, 6.07) is 8.08. The molecule has 2 aromatic rings. The summed E-state index contributed by atoms with van der Waals surface area (Å²) in [7, 11) is 0. The van der Waals surface area contributed by atoms with Crippen molar-refractivity contribution in [1.29, 1.82) is 0 Å². The Morgan fingerprint density at radius 2 is 1.84 bits per heavy atom. The molecule has 3 N–H and O–H groups in total. The molecule has 0 aliphatic rings. The summed E-state index contributed by atoms with van der Waals surface area (Å²) in [4.78, 5) is 3.93. The number of hydrogen-bond acceptors (Lipinski definition) is 3. The molecule has 1 aromatic carbocycles. The van der Waals surface area contributed by atoms with E-state index in [1.54, 1.807) is 24.5 Å². The number of rotatable bonds is 4. The Morgan fingerprint density at radius 3 is 2.47 bits per heavy atom. The van der Waals surface area contributed by atoms with E-state index >= 15 is 0 Å². The van der Waals surface area contributed by atoms with Crippen molar-refractivity contribution in [2.24, 2.45) is 0 Å². The van der Waals surface area contributed by atoms with Gasteiger partial charge in [0.05, 0.1) is 0 Å². The van der Waals surface area contributed by atoms with E-state index in [-0.39, 0.29) is 11.6 Å². The van der Waals surface area contributed by atoms with Gasteiger partial charge in [-0.15, -0.1) is 0 Å². The van der Waals surface area contributed by atoms with Crippen molar-refractivity contribution in [3.63, 3.8) is 0 Å². The third kappa shape index (κ3) is 3.19. The smallest absolute Gasteiger partial charge is 0.265 e. The SMILES string of the molecule is CC(Nc1ccc(N)cc1C(F)F)c1ccncc1. The van der Waals surface area contributed by atoms with Gasteiger partial charge in [0.1, 0.15) is 0 Å². The van der Waals surface area contributed by atoms with E-state index in [0.717, 1.165) is 5.56 Å². The largest absolute Gasteiger partial charge is 0.399 e. The number of nitrogens with two attached hydrogens (primary N) is 1. The average Bonchev–Trinajstić information content (AvgIpc) is 2.41. The molecule has 0 saturated carbocycles. The first-order valence-corrected chi connectivity index (χ1v) is 5.92. The summed E-state index contributed by atoms with van der Waals surface area (Å²) in [5.41, 5.74) is 7.16. The van der Waals surface area contributed by atoms with E-state index in [4.69, 9.17) is 5.73 Å². The van der Waals surface area contributed by atoms with Gasteiger partial charge in [0.15, 0.2) is 0 Å². The first-order chi connectivity index (χ1) is 9.08. The summed E-state index contributed by atoms with van der Waals surface area (Å²) in [5, 5.41) is 3.07. The number of nitrogens with one attached hydrogen (secondary N) is 1. The number of nitrogen functional groups attached to an aromatic ring is 1. The number of anilines is 2. The standard InChI is InChI=1S/C14H15F2N3/c1-9(10-4-6-18-7-5-10)19-13-3-2-11(17)8-12(13)14(15)16/h2-9,14,19H,17H2,1H3. The number of aromatic nitrogens is 1. The van der Waals surface area contributed by atoms with Gasteiger partial charge in [0, 0.05) is 35.4 Å². The van der Waals surface area contributed by atoms with Gasteiger partial charge in [-0.2, -0.15) is 0 Å². The average molecular weight is 263 g/mol. The van der Waals surface area contributed by atoms with E-state index in [2.05, 4.69) is 10.3 Å². The number of alkyl halides is 2. The molecule has 0 fully saturated rings. The van der Waals surface area contributed by atoms with E-state index in [0.29, 0.717) is 11.4 Å². The van der Waals surface area contributed by atoms with Gasteiger partial charge in [-0.1, -0.05) is 0 Å². The van der Waals surface area contributed by atoms with Gasteiger partial charge in [-0.25, -0.2) is 8.78 Å². The Labute approximate surface area is 110 Å². The fraction of sp³-hybridized carbons (Fsp3) is 0.214. The third-order valence-corrected chi connectivity index (χ3v) is 2.89. The topological polar surface area (TPSA) is 50.9 Å². The summed E-state index contributed by atoms with van der Waals surface area (Å²) in [5.74, 6) is 0. The lowest BCUT2D eigenvalue weighted by Crippen LogP contribution is -2.09. The molecule has 0 aliphatic heterocycles. The minimum Gasteiger partial charge on any atom is -0.399 e. The fourth-order valence-corrected chi connectivity index (χ4v) is 1.86. The van der Waals surface area contributed by atoms with Crippen LogP contribution in [0.2, 0.25) is 0 Å². The molecule has 0 radical (unpaired) electrons. The van der Waals surface area contributed by atoms with E-state index in [9.17, 15) is 8.78 Å². The van der Waals surface area contributed by atoms with Crippen molar-refractivity contribution in [1.82, 2.24) is 4.98 Å². The summed E-state index contributed by atoms with van der Waals surface area (Å²) in [6.45, 7) is 1.90. The molecule has 19 heavy (non-hydrogen) atoms. The molecule has 5 heteroatoms. The fourth-order valence-electron chi connectivity index (χ4n) is 1.86. The molecule has 1 atom stereocenters. The normalized spacial score (nSPS) is 12.4. The molecule has 0 amide bonds. The van der Waals surface area contributed by atoms with Crippen LogP contribution in [-0.2, 0) is 0 Å². The maximum absolute atomic E-state index is 13.0. The minimum absolute atomic E-state index is 0.0825. The van der Waals surface area contributed by atoms with Crippen molar-refractivity contribution in [3.05, 3.63) is 53.9 Å². The van der Waals surface area contributed by atoms with Crippen LogP contribution >= 0.6 is 0 Å². The lowest BCUT2D eigenvalue weighted by atomic mass is 10.1. The number of halogens is 2. The molecule has 1 aromatic heterocycles. The van der Waals surface area contributed by atoms with Crippen LogP contribution in [0.25, 0.3) is 0 Å². The molecule has 1 unspecified atom stereocenters. The zero-order valence-corrected chi connectivity index (χ0v) is 10.5. The van der Waals surface area contributed by atoms with Crippen molar-refractivity contribution in [3.8, 4) is 0 Å². The van der Waals surface area contributed by atoms with Crippen LogP contribution in [-0.4, -0.2) is 4.98 Å². The molecule has 1 heterocycles. The molecule has 0 saturated heterocycles. The number of nitrogens with zero attached hydrogens (tertiary/aromatic N) is 1. The van der Waals surface area contributed by atoms with Crippen molar-refractivity contribution < 1.29 is 8.78 Å². The van der Waals surface area contributed by atoms with Gasteiger partial charge >= 0.3 is 0 Å². The molecule has 2 rings (SSSR count). The Morgan fingerprint density at radius 1 is 1.16 bits per heavy atom. The van der Waals surface area contributed by atoms with Crippen LogP contribution in [0.1, 0.15) is 30.5 Å². The van der Waals surface area contributed by atoms with Crippen molar-refractivity contribution >= 4 is 11.4 Å². The van der Waals surface area contributed by atoms with Crippen LogP contribution in [0.5, 0.6) is 0 Å². The first-order valence-electron chi connectivity index (χ1n) is 5.92. The summed E-state index contributed by atoms with van der Waals surface area (Å²) in [6.07, 6.45) is 0.783. The van der Waals surface area contributed by atoms with Gasteiger partial charge in [0.25, 0.3) is 6.43 Å². The van der Waals surface area contributed by atoms with Crippen LogP contribution < -0.4 is 11.1 Å². The van der Waals surface area contributed by atoms with Gasteiger partial charge in [-0.05, 0) is 42.8 Å². The van der Waals surface area contributed by atoms with Crippen molar-refractivity contribution in [2.45, 2.75) is 19.4 Å². The van der Waals surface area contributed by atoms with Crippen molar-refractivity contribution in [2.75, 3.05) is 11.1 Å². The minimum atomic E-state index is -2.56. The highest BCUT2D eigenvalue weighted by molar-refractivity contribution is 5.59. The molecular weight excluding hydrogens is 248 g/mol. The second-order valence-corrected chi connectivity index (χ2v) is 4.29. The van der Waals surface area contributed by atoms with Gasteiger partial charge in [0.2, 0.25) is 0 Å². The van der Waals surface area contributed by atoms with Crippen LogP contribution in [0, 0.1) is 0 Å². The zero-order chi connectivity index (χ0) is 13.8. The Balaban J connectivity index is 2.24. The van der Waals surface area contributed by atoms with E-state index in [1.807, 2.05) is 19.1 Å². The summed E-state index contributed by atoms with van der Waals surface area (Å²) >= 11 is 0. The van der Waals surface area contributed by atoms with Crippen LogP contribution in [0.3, 0.4) is 0 Å². The second kappa shape index (κ2) is 5.65. The number of hydrogen-bond donors (Lipinski definition) is 2. The molecule has 3 nitrogen and oxygen atoms in total. The van der Waals surface area contributed by atoms with E-state index < -0.39 is 6.43 Å². The predicted octanol–water partition coefficient (Wildman–Crippen LogP) is 3.77. The molecule has 0 spiro atoms. The Kier molecular flexibility index (Phi) is 3.94. The van der Waals surface area contributed by atoms with Crippen LogP contribution in [0.4, 0.5) is 20.2 Å². The molecule has 100 valence electrons. The monoisotopic (exact) mass is 263 g/mol. The number of benzene rings is 1. The van der Waals surface area contributed by atoms with Gasteiger partial charge < -0.3 is 11.1 Å². The summed E-state index contributed by atoms with van der Waals surface area (Å²) < 4.78 is 25.9. The van der Waals surface area contributed by atoms with Crippen LogP contribution in [0.15, 0.2) is 42.7 Å². The zero-order valence-electron chi connectivity index (χ0n) is 10.5. The molecule has 0 aliphatic carbocycles. The molecule has 0 bridgehead atoms. The highest BCUT2D eigenvalue weighted by Crippen LogP contribution is 2.31. The lowest BCUT2D eigenvalue weighted by molar-refractivity contribution is 0.152. The second-order valence-electron chi connectivity index (χ2n) is 4.29.